The Morgan fingerprint density at radius 2 is 2.00 bits per heavy atom. The standard InChI is InChI=1S/C28H35N7O/c1-20-17-33(14-13-32(20)3)15-16-36-26-10-9-25(34-12-11-29-19-34)27-21(2)31-35(28(26)27)18-23-5-4-6-24(30-23)22-7-8-22/h4-6,9-12,19-20,22H,7-8,13-18H2,1-3H3/t20-/m1/s1. The minimum atomic E-state index is 0.572. The molecule has 8 heteroatoms. The van der Waals surface area contributed by atoms with Crippen LogP contribution in [-0.4, -0.2) is 80.0 Å². The Labute approximate surface area is 212 Å². The van der Waals surface area contributed by atoms with Crippen molar-refractivity contribution in [1.82, 2.24) is 34.1 Å². The molecular formula is C28H35N7O. The first-order chi connectivity index (χ1) is 17.6. The molecule has 0 bridgehead atoms. The summed E-state index contributed by atoms with van der Waals surface area (Å²) in [5.74, 6) is 1.50. The maximum absolute atomic E-state index is 6.46. The molecule has 1 atom stereocenters. The van der Waals surface area contributed by atoms with Crippen LogP contribution in [0.4, 0.5) is 0 Å². The van der Waals surface area contributed by atoms with Crippen LogP contribution in [0.5, 0.6) is 5.75 Å². The number of fused-ring (bicyclic) bond motifs is 1. The molecule has 6 rings (SSSR count). The molecule has 0 spiro atoms. The molecule has 4 aromatic rings. The molecule has 2 fully saturated rings. The van der Waals surface area contributed by atoms with Crippen LogP contribution in [0.25, 0.3) is 16.6 Å². The Hall–Kier alpha value is -3.23. The minimum Gasteiger partial charge on any atom is -0.490 e. The molecule has 3 aromatic heterocycles. The number of benzene rings is 1. The maximum Gasteiger partial charge on any atom is 0.145 e. The smallest absolute Gasteiger partial charge is 0.145 e. The van der Waals surface area contributed by atoms with E-state index in [1.165, 1.54) is 18.5 Å². The molecule has 2 aliphatic rings. The Bertz CT molecular complexity index is 1340. The van der Waals surface area contributed by atoms with Gasteiger partial charge in [-0.2, -0.15) is 5.10 Å². The monoisotopic (exact) mass is 485 g/mol. The quantitative estimate of drug-likeness (QED) is 0.378. The number of hydrogen-bond acceptors (Lipinski definition) is 6. The number of likely N-dealkylation sites (N-methyl/N-ethyl adjacent to an activating group) is 1. The third kappa shape index (κ3) is 4.63. The lowest BCUT2D eigenvalue weighted by atomic mass is 10.1. The summed E-state index contributed by atoms with van der Waals surface area (Å²) >= 11 is 0. The van der Waals surface area contributed by atoms with Gasteiger partial charge in [-0.05, 0) is 58.0 Å². The summed E-state index contributed by atoms with van der Waals surface area (Å²) in [6.45, 7) is 9.81. The average molecular weight is 486 g/mol. The van der Waals surface area contributed by atoms with Crippen LogP contribution in [0, 0.1) is 6.92 Å². The summed E-state index contributed by atoms with van der Waals surface area (Å²) in [4.78, 5) is 14.1. The zero-order valence-electron chi connectivity index (χ0n) is 21.5. The van der Waals surface area contributed by atoms with Crippen LogP contribution < -0.4 is 4.74 Å². The summed E-state index contributed by atoms with van der Waals surface area (Å²) in [5, 5.41) is 6.06. The van der Waals surface area contributed by atoms with Crippen LogP contribution in [0.1, 0.15) is 42.8 Å². The van der Waals surface area contributed by atoms with E-state index >= 15 is 0 Å². The van der Waals surface area contributed by atoms with E-state index in [2.05, 4.69) is 70.7 Å². The van der Waals surface area contributed by atoms with Gasteiger partial charge in [0, 0.05) is 56.2 Å². The van der Waals surface area contributed by atoms with Crippen LogP contribution in [-0.2, 0) is 6.54 Å². The predicted molar refractivity (Wildman–Crippen MR) is 141 cm³/mol. The lowest BCUT2D eigenvalue weighted by Gasteiger charge is -2.37. The summed E-state index contributed by atoms with van der Waals surface area (Å²) in [6.07, 6.45) is 8.11. The van der Waals surface area contributed by atoms with E-state index in [4.69, 9.17) is 14.8 Å². The summed E-state index contributed by atoms with van der Waals surface area (Å²) in [5.41, 5.74) is 5.30. The van der Waals surface area contributed by atoms with Gasteiger partial charge < -0.3 is 14.2 Å². The number of aromatic nitrogens is 5. The van der Waals surface area contributed by atoms with E-state index in [1.807, 2.05) is 17.1 Å². The Morgan fingerprint density at radius 3 is 2.78 bits per heavy atom. The van der Waals surface area contributed by atoms with E-state index in [1.54, 1.807) is 6.20 Å². The molecule has 0 N–H and O–H groups in total. The van der Waals surface area contributed by atoms with Crippen molar-refractivity contribution in [3.8, 4) is 11.4 Å². The molecule has 4 heterocycles. The summed E-state index contributed by atoms with van der Waals surface area (Å²) < 4.78 is 10.6. The van der Waals surface area contributed by atoms with Gasteiger partial charge in [0.25, 0.3) is 0 Å². The predicted octanol–water partition coefficient (Wildman–Crippen LogP) is 3.87. The fourth-order valence-electron chi connectivity index (χ4n) is 5.26. The van der Waals surface area contributed by atoms with Crippen LogP contribution in [0.15, 0.2) is 49.1 Å². The van der Waals surface area contributed by atoms with E-state index in [-0.39, 0.29) is 0 Å². The van der Waals surface area contributed by atoms with Gasteiger partial charge in [-0.3, -0.25) is 14.6 Å². The number of aryl methyl sites for hydroxylation is 1. The second kappa shape index (κ2) is 9.67. The van der Waals surface area contributed by atoms with Crippen molar-refractivity contribution in [1.29, 1.82) is 0 Å². The second-order valence-corrected chi connectivity index (χ2v) is 10.3. The molecule has 36 heavy (non-hydrogen) atoms. The molecule has 1 aliphatic carbocycles. The molecule has 1 saturated carbocycles. The highest BCUT2D eigenvalue weighted by Crippen LogP contribution is 2.39. The van der Waals surface area contributed by atoms with Gasteiger partial charge in [0.15, 0.2) is 0 Å². The molecular weight excluding hydrogens is 450 g/mol. The first-order valence-corrected chi connectivity index (χ1v) is 13.1. The van der Waals surface area contributed by atoms with Gasteiger partial charge in [0.2, 0.25) is 0 Å². The van der Waals surface area contributed by atoms with E-state index in [0.717, 1.165) is 59.9 Å². The fourth-order valence-corrected chi connectivity index (χ4v) is 5.26. The molecule has 1 aromatic carbocycles. The average Bonchev–Trinajstić information content (AvgIpc) is 3.49. The molecule has 1 aliphatic heterocycles. The van der Waals surface area contributed by atoms with Crippen molar-refractivity contribution in [3.05, 3.63) is 66.1 Å². The zero-order valence-corrected chi connectivity index (χ0v) is 21.5. The highest BCUT2D eigenvalue weighted by molar-refractivity contribution is 5.94. The molecule has 0 amide bonds. The van der Waals surface area contributed by atoms with E-state index in [9.17, 15) is 0 Å². The third-order valence-corrected chi connectivity index (χ3v) is 7.64. The lowest BCUT2D eigenvalue weighted by Crippen LogP contribution is -2.50. The van der Waals surface area contributed by atoms with Crippen molar-refractivity contribution in [2.45, 2.75) is 45.2 Å². The van der Waals surface area contributed by atoms with Gasteiger partial charge in [-0.15, -0.1) is 0 Å². The number of piperazine rings is 1. The van der Waals surface area contributed by atoms with Gasteiger partial charge in [-0.25, -0.2) is 4.98 Å². The molecule has 188 valence electrons. The van der Waals surface area contributed by atoms with Crippen molar-refractivity contribution in [3.63, 3.8) is 0 Å². The van der Waals surface area contributed by atoms with Crippen molar-refractivity contribution < 1.29 is 4.74 Å². The number of rotatable bonds is 8. The maximum atomic E-state index is 6.46. The fraction of sp³-hybridized carbons (Fsp3) is 0.464. The highest BCUT2D eigenvalue weighted by Gasteiger charge is 2.25. The van der Waals surface area contributed by atoms with Gasteiger partial charge in [0.1, 0.15) is 17.9 Å². The van der Waals surface area contributed by atoms with E-state index < -0.39 is 0 Å². The minimum absolute atomic E-state index is 0.572. The molecule has 1 saturated heterocycles. The zero-order chi connectivity index (χ0) is 24.6. The summed E-state index contributed by atoms with van der Waals surface area (Å²) in [7, 11) is 2.20. The number of hydrogen-bond donors (Lipinski definition) is 0. The number of imidazole rings is 1. The Kier molecular flexibility index (Phi) is 6.23. The largest absolute Gasteiger partial charge is 0.490 e. The van der Waals surface area contributed by atoms with Gasteiger partial charge >= 0.3 is 0 Å². The van der Waals surface area contributed by atoms with Crippen molar-refractivity contribution in [2.75, 3.05) is 39.8 Å². The highest BCUT2D eigenvalue weighted by atomic mass is 16.5. The molecule has 8 nitrogen and oxygen atoms in total. The summed E-state index contributed by atoms with van der Waals surface area (Å²) in [6, 6.07) is 11.1. The van der Waals surface area contributed by atoms with Crippen molar-refractivity contribution in [2.24, 2.45) is 0 Å². The number of ether oxygens (including phenoxy) is 1. The van der Waals surface area contributed by atoms with Crippen LogP contribution in [0.3, 0.4) is 0 Å². The number of pyridine rings is 1. The van der Waals surface area contributed by atoms with Crippen molar-refractivity contribution >= 4 is 10.9 Å². The van der Waals surface area contributed by atoms with Gasteiger partial charge in [0.05, 0.1) is 35.3 Å². The number of nitrogens with zero attached hydrogens (tertiary/aromatic N) is 7. The van der Waals surface area contributed by atoms with Gasteiger partial charge in [-0.1, -0.05) is 6.07 Å². The molecule has 0 unspecified atom stereocenters. The SMILES string of the molecule is Cc1nn(Cc2cccc(C3CC3)n2)c2c(OCCN3CCN(C)[C@H](C)C3)ccc(-n3ccnc3)c12. The van der Waals surface area contributed by atoms with E-state index in [0.29, 0.717) is 25.1 Å². The normalized spacial score (nSPS) is 19.2. The Balaban J connectivity index is 1.31. The first kappa shape index (κ1) is 23.2. The molecule has 0 radical (unpaired) electrons. The lowest BCUT2D eigenvalue weighted by molar-refractivity contribution is 0.0929. The first-order valence-electron chi connectivity index (χ1n) is 13.1. The van der Waals surface area contributed by atoms with Crippen LogP contribution >= 0.6 is 0 Å². The topological polar surface area (TPSA) is 64.2 Å². The second-order valence-electron chi connectivity index (χ2n) is 10.3. The third-order valence-electron chi connectivity index (χ3n) is 7.64. The Morgan fingerprint density at radius 1 is 1.11 bits per heavy atom. The van der Waals surface area contributed by atoms with Crippen LogP contribution in [0.2, 0.25) is 0 Å².